The maximum Gasteiger partial charge on any atom is 0.333 e. The molecule has 2 aliphatic rings. The van der Waals surface area contributed by atoms with E-state index in [2.05, 4.69) is 0 Å². The van der Waals surface area contributed by atoms with Gasteiger partial charge in [0, 0.05) is 16.2 Å². The largest absolute Gasteiger partial charge is 0.478 e. The van der Waals surface area contributed by atoms with E-state index in [1.807, 2.05) is 30.3 Å². The highest BCUT2D eigenvalue weighted by atomic mass is 32.2. The first-order chi connectivity index (χ1) is 8.66. The van der Waals surface area contributed by atoms with Gasteiger partial charge in [-0.2, -0.15) is 0 Å². The molecular formula is C14H12O3S. The summed E-state index contributed by atoms with van der Waals surface area (Å²) in [6.07, 6.45) is 1.28. The molecule has 2 atom stereocenters. The third-order valence-corrected chi connectivity index (χ3v) is 4.70. The van der Waals surface area contributed by atoms with Crippen molar-refractivity contribution in [3.63, 3.8) is 0 Å². The fraction of sp³-hybridized carbons (Fsp3) is 0.286. The minimum Gasteiger partial charge on any atom is -0.478 e. The molecular weight excluding hydrogens is 248 g/mol. The second-order valence-corrected chi connectivity index (χ2v) is 5.84. The molecule has 1 fully saturated rings. The zero-order valence-electron chi connectivity index (χ0n) is 9.63. The van der Waals surface area contributed by atoms with Crippen LogP contribution in [0.25, 0.3) is 0 Å². The lowest BCUT2D eigenvalue weighted by Gasteiger charge is -2.29. The second kappa shape index (κ2) is 4.28. The van der Waals surface area contributed by atoms with Gasteiger partial charge in [0.15, 0.2) is 0 Å². The highest BCUT2D eigenvalue weighted by Crippen LogP contribution is 2.52. The van der Waals surface area contributed by atoms with E-state index in [1.54, 1.807) is 0 Å². The molecule has 2 aliphatic carbocycles. The number of ketones is 1. The van der Waals surface area contributed by atoms with E-state index in [0.29, 0.717) is 12.0 Å². The summed E-state index contributed by atoms with van der Waals surface area (Å²) in [4.78, 5) is 24.7. The topological polar surface area (TPSA) is 54.4 Å². The van der Waals surface area contributed by atoms with E-state index in [4.69, 9.17) is 0 Å². The normalized spacial score (nSPS) is 25.9. The SMILES string of the molecule is O=C(O)C1=C(Sc2ccccc2)CC2CC(=O)C12. The Kier molecular flexibility index (Phi) is 2.74. The lowest BCUT2D eigenvalue weighted by atomic mass is 9.72. The van der Waals surface area contributed by atoms with Gasteiger partial charge in [0.1, 0.15) is 5.78 Å². The molecule has 0 bridgehead atoms. The van der Waals surface area contributed by atoms with Crippen LogP contribution in [-0.4, -0.2) is 16.9 Å². The predicted octanol–water partition coefficient (Wildman–Crippen LogP) is 2.73. The molecule has 0 spiro atoms. The van der Waals surface area contributed by atoms with E-state index in [9.17, 15) is 14.7 Å². The summed E-state index contributed by atoms with van der Waals surface area (Å²) in [5, 5.41) is 9.28. The number of carbonyl (C=O) groups excluding carboxylic acids is 1. The summed E-state index contributed by atoms with van der Waals surface area (Å²) in [6.45, 7) is 0. The van der Waals surface area contributed by atoms with Gasteiger partial charge in [0.25, 0.3) is 0 Å². The van der Waals surface area contributed by atoms with Crippen LogP contribution in [0.2, 0.25) is 0 Å². The lowest BCUT2D eigenvalue weighted by Crippen LogP contribution is -2.36. The number of benzene rings is 1. The average molecular weight is 260 g/mol. The van der Waals surface area contributed by atoms with E-state index in [1.165, 1.54) is 11.8 Å². The van der Waals surface area contributed by atoms with Gasteiger partial charge in [0.05, 0.1) is 11.5 Å². The molecule has 0 heterocycles. The van der Waals surface area contributed by atoms with Crippen LogP contribution in [0.5, 0.6) is 0 Å². The molecule has 0 saturated heterocycles. The molecule has 3 rings (SSSR count). The third-order valence-electron chi connectivity index (χ3n) is 3.56. The van der Waals surface area contributed by atoms with Crippen molar-refractivity contribution in [3.8, 4) is 0 Å². The molecule has 1 aromatic carbocycles. The summed E-state index contributed by atoms with van der Waals surface area (Å²) in [5.41, 5.74) is 0.338. The fourth-order valence-electron chi connectivity index (χ4n) is 2.69. The van der Waals surface area contributed by atoms with E-state index in [-0.39, 0.29) is 17.6 Å². The Morgan fingerprint density at radius 2 is 1.94 bits per heavy atom. The molecule has 0 radical (unpaired) electrons. The maximum atomic E-state index is 11.5. The first kappa shape index (κ1) is 11.5. The van der Waals surface area contributed by atoms with Gasteiger partial charge >= 0.3 is 5.97 Å². The van der Waals surface area contributed by atoms with Gasteiger partial charge in [-0.25, -0.2) is 4.79 Å². The Morgan fingerprint density at radius 3 is 2.56 bits per heavy atom. The number of hydrogen-bond donors (Lipinski definition) is 1. The van der Waals surface area contributed by atoms with Crippen LogP contribution in [0.4, 0.5) is 0 Å². The molecule has 4 heteroatoms. The number of Topliss-reactive ketones (excluding diaryl/α,β-unsaturated/α-hetero) is 1. The third kappa shape index (κ3) is 1.77. The molecule has 0 aromatic heterocycles. The predicted molar refractivity (Wildman–Crippen MR) is 68.2 cm³/mol. The summed E-state index contributed by atoms with van der Waals surface area (Å²) >= 11 is 1.48. The molecule has 1 N–H and O–H groups in total. The summed E-state index contributed by atoms with van der Waals surface area (Å²) in [7, 11) is 0. The monoisotopic (exact) mass is 260 g/mol. The Labute approximate surface area is 109 Å². The minimum absolute atomic E-state index is 0.0843. The maximum absolute atomic E-state index is 11.5. The molecule has 18 heavy (non-hydrogen) atoms. The molecule has 1 aromatic rings. The van der Waals surface area contributed by atoms with Crippen molar-refractivity contribution in [1.82, 2.24) is 0 Å². The van der Waals surface area contributed by atoms with Crippen LogP contribution < -0.4 is 0 Å². The Hall–Kier alpha value is -1.55. The number of carbonyl (C=O) groups is 2. The molecule has 0 aliphatic heterocycles. The molecule has 2 unspecified atom stereocenters. The number of hydrogen-bond acceptors (Lipinski definition) is 3. The van der Waals surface area contributed by atoms with Crippen molar-refractivity contribution >= 4 is 23.5 Å². The second-order valence-electron chi connectivity index (χ2n) is 4.67. The zero-order valence-corrected chi connectivity index (χ0v) is 10.4. The molecule has 3 nitrogen and oxygen atoms in total. The van der Waals surface area contributed by atoms with E-state index >= 15 is 0 Å². The summed E-state index contributed by atoms with van der Waals surface area (Å²) < 4.78 is 0. The van der Waals surface area contributed by atoms with E-state index in [0.717, 1.165) is 16.2 Å². The summed E-state index contributed by atoms with van der Waals surface area (Å²) in [6, 6.07) is 9.70. The molecule has 0 amide bonds. The quantitative estimate of drug-likeness (QED) is 0.908. The number of fused-ring (bicyclic) bond motifs is 1. The number of thioether (sulfide) groups is 1. The number of rotatable bonds is 3. The van der Waals surface area contributed by atoms with Crippen LogP contribution in [0.3, 0.4) is 0 Å². The number of aliphatic carboxylic acids is 1. The van der Waals surface area contributed by atoms with Crippen molar-refractivity contribution in [3.05, 3.63) is 40.8 Å². The number of carboxylic acid groups (broad SMARTS) is 1. The van der Waals surface area contributed by atoms with Gasteiger partial charge in [-0.15, -0.1) is 0 Å². The zero-order chi connectivity index (χ0) is 12.7. The van der Waals surface area contributed by atoms with Crippen molar-refractivity contribution in [1.29, 1.82) is 0 Å². The Bertz CT molecular complexity index is 547. The lowest BCUT2D eigenvalue weighted by molar-refractivity contribution is -0.138. The van der Waals surface area contributed by atoms with Crippen molar-refractivity contribution in [2.24, 2.45) is 11.8 Å². The molecule has 92 valence electrons. The van der Waals surface area contributed by atoms with Gasteiger partial charge in [0.2, 0.25) is 0 Å². The van der Waals surface area contributed by atoms with Crippen LogP contribution >= 0.6 is 11.8 Å². The van der Waals surface area contributed by atoms with Crippen LogP contribution in [0.15, 0.2) is 45.7 Å². The van der Waals surface area contributed by atoms with Gasteiger partial charge < -0.3 is 5.11 Å². The van der Waals surface area contributed by atoms with Gasteiger partial charge in [-0.3, -0.25) is 4.79 Å². The number of allylic oxidation sites excluding steroid dienone is 1. The average Bonchev–Trinajstić information content (AvgIpc) is 2.63. The Morgan fingerprint density at radius 1 is 1.22 bits per heavy atom. The highest BCUT2D eigenvalue weighted by Gasteiger charge is 2.50. The van der Waals surface area contributed by atoms with Crippen molar-refractivity contribution in [2.75, 3.05) is 0 Å². The van der Waals surface area contributed by atoms with Crippen LogP contribution in [-0.2, 0) is 9.59 Å². The first-order valence-corrected chi connectivity index (χ1v) is 6.70. The van der Waals surface area contributed by atoms with Crippen LogP contribution in [0, 0.1) is 11.8 Å². The van der Waals surface area contributed by atoms with Gasteiger partial charge in [-0.1, -0.05) is 30.0 Å². The van der Waals surface area contributed by atoms with Gasteiger partial charge in [-0.05, 0) is 24.5 Å². The molecule has 1 saturated carbocycles. The summed E-state index contributed by atoms with van der Waals surface area (Å²) in [5.74, 6) is -0.960. The standard InChI is InChI=1S/C14H12O3S/c15-10-6-8-7-11(13(12(8)10)14(16)17)18-9-4-2-1-3-5-9/h1-5,8,12H,6-7H2,(H,16,17). The fourth-order valence-corrected chi connectivity index (χ4v) is 3.89. The minimum atomic E-state index is -0.936. The highest BCUT2D eigenvalue weighted by molar-refractivity contribution is 8.03. The van der Waals surface area contributed by atoms with Crippen molar-refractivity contribution in [2.45, 2.75) is 17.7 Å². The van der Waals surface area contributed by atoms with Crippen molar-refractivity contribution < 1.29 is 14.7 Å². The van der Waals surface area contributed by atoms with Crippen LogP contribution in [0.1, 0.15) is 12.8 Å². The number of carboxylic acids is 1. The first-order valence-electron chi connectivity index (χ1n) is 5.89. The van der Waals surface area contributed by atoms with E-state index < -0.39 is 5.97 Å². The smallest absolute Gasteiger partial charge is 0.333 e. The Balaban J connectivity index is 1.91.